The van der Waals surface area contributed by atoms with Crippen LogP contribution in [0.15, 0.2) is 24.3 Å². The van der Waals surface area contributed by atoms with Crippen molar-refractivity contribution in [3.63, 3.8) is 0 Å². The van der Waals surface area contributed by atoms with Gasteiger partial charge in [0.05, 0.1) is 12.5 Å². The molecule has 2 amide bonds. The lowest BCUT2D eigenvalue weighted by molar-refractivity contribution is -0.137. The van der Waals surface area contributed by atoms with E-state index in [4.69, 9.17) is 4.74 Å². The maximum atomic E-state index is 13.8. The van der Waals surface area contributed by atoms with E-state index in [9.17, 15) is 9.59 Å². The Labute approximate surface area is 218 Å². The van der Waals surface area contributed by atoms with Crippen LogP contribution in [0.3, 0.4) is 0 Å². The van der Waals surface area contributed by atoms with Crippen LogP contribution < -0.4 is 4.90 Å². The highest BCUT2D eigenvalue weighted by Gasteiger charge is 2.35. The van der Waals surface area contributed by atoms with Crippen LogP contribution in [-0.2, 0) is 20.9 Å². The molecule has 0 saturated carbocycles. The van der Waals surface area contributed by atoms with Gasteiger partial charge in [0, 0.05) is 50.4 Å². The zero-order valence-corrected chi connectivity index (χ0v) is 22.8. The first kappa shape index (κ1) is 27.1. The maximum Gasteiger partial charge on any atom is 0.226 e. The van der Waals surface area contributed by atoms with E-state index < -0.39 is 0 Å². The highest BCUT2D eigenvalue weighted by atomic mass is 16.5. The number of carbonyl (C=O) groups excluding carboxylic acids is 2. The Hall–Kier alpha value is -1.92. The number of nitrogens with zero attached hydrogens (tertiary/aromatic N) is 3. The molecule has 0 aliphatic carbocycles. The lowest BCUT2D eigenvalue weighted by atomic mass is 9.92. The van der Waals surface area contributed by atoms with Gasteiger partial charge in [0.25, 0.3) is 0 Å². The van der Waals surface area contributed by atoms with Gasteiger partial charge in [0.2, 0.25) is 11.8 Å². The first-order valence-electron chi connectivity index (χ1n) is 14.5. The first-order valence-corrected chi connectivity index (χ1v) is 14.5. The molecule has 2 bridgehead atoms. The molecule has 0 aromatic heterocycles. The number of anilines is 1. The van der Waals surface area contributed by atoms with Gasteiger partial charge in [-0.15, -0.1) is 0 Å². The zero-order valence-electron chi connectivity index (χ0n) is 22.8. The molecule has 3 unspecified atom stereocenters. The first-order chi connectivity index (χ1) is 17.5. The van der Waals surface area contributed by atoms with Gasteiger partial charge >= 0.3 is 0 Å². The van der Waals surface area contributed by atoms with Crippen molar-refractivity contribution in [2.24, 2.45) is 5.92 Å². The van der Waals surface area contributed by atoms with Crippen LogP contribution in [0.4, 0.5) is 5.69 Å². The second-order valence-corrected chi connectivity index (χ2v) is 11.4. The quantitative estimate of drug-likeness (QED) is 0.529. The van der Waals surface area contributed by atoms with Gasteiger partial charge in [-0.1, -0.05) is 45.4 Å². The summed E-state index contributed by atoms with van der Waals surface area (Å²) in [6.07, 6.45) is 9.84. The van der Waals surface area contributed by atoms with Crippen LogP contribution in [0.1, 0.15) is 90.5 Å². The molecule has 0 radical (unpaired) electrons. The number of piperidine rings is 1. The van der Waals surface area contributed by atoms with E-state index in [1.54, 1.807) is 0 Å². The largest absolute Gasteiger partial charge is 0.378 e. The number of ether oxygens (including phenoxy) is 1. The van der Waals surface area contributed by atoms with Crippen LogP contribution in [0.5, 0.6) is 0 Å². The fourth-order valence-corrected chi connectivity index (χ4v) is 6.26. The summed E-state index contributed by atoms with van der Waals surface area (Å²) < 4.78 is 5.95. The van der Waals surface area contributed by atoms with Gasteiger partial charge in [-0.2, -0.15) is 0 Å². The predicted molar refractivity (Wildman–Crippen MR) is 145 cm³/mol. The summed E-state index contributed by atoms with van der Waals surface area (Å²) in [7, 11) is 0. The van der Waals surface area contributed by atoms with Gasteiger partial charge < -0.3 is 14.5 Å². The van der Waals surface area contributed by atoms with Crippen LogP contribution in [0, 0.1) is 5.92 Å². The molecule has 4 rings (SSSR count). The Morgan fingerprint density at radius 3 is 2.56 bits per heavy atom. The van der Waals surface area contributed by atoms with Gasteiger partial charge in [0.15, 0.2) is 0 Å². The number of hydrogen-bond acceptors (Lipinski definition) is 4. The SMILES string of the molecule is CCC(=O)N1CCC2CCCC(CN(C(=O)CC3CCCCO3)Cc3ccccc31)N2CCC(C)C. The molecule has 3 heterocycles. The Bertz CT molecular complexity index is 867. The van der Waals surface area contributed by atoms with Crippen LogP contribution >= 0.6 is 0 Å². The van der Waals surface area contributed by atoms with Crippen molar-refractivity contribution in [1.82, 2.24) is 9.80 Å². The van der Waals surface area contributed by atoms with Crippen molar-refractivity contribution in [2.45, 2.75) is 110 Å². The average molecular weight is 498 g/mol. The normalized spacial score (nSPS) is 25.8. The number of carbonyl (C=O) groups is 2. The molecule has 0 spiro atoms. The summed E-state index contributed by atoms with van der Waals surface area (Å²) in [6, 6.07) is 9.05. The third-order valence-electron chi connectivity index (χ3n) is 8.37. The summed E-state index contributed by atoms with van der Waals surface area (Å²) in [5.74, 6) is 0.999. The molecule has 3 aliphatic heterocycles. The van der Waals surface area contributed by atoms with E-state index in [2.05, 4.69) is 35.8 Å². The van der Waals surface area contributed by atoms with Crippen LogP contribution in [0.2, 0.25) is 0 Å². The number of rotatable bonds is 6. The summed E-state index contributed by atoms with van der Waals surface area (Å²) >= 11 is 0. The standard InChI is InChI=1S/C30H47N3O3/c1-4-29(34)33-18-16-25-11-9-12-26(32(25)17-15-23(2)3)22-31(21-24-10-5-6-14-28(24)33)30(35)20-27-13-7-8-19-36-27/h5-6,10,14,23,25-27H,4,7-9,11-13,15-22H2,1-3H3. The molecule has 3 aliphatic rings. The van der Waals surface area contributed by atoms with Crippen molar-refractivity contribution >= 4 is 17.5 Å². The minimum Gasteiger partial charge on any atom is -0.378 e. The number of hydrogen-bond donors (Lipinski definition) is 0. The van der Waals surface area contributed by atoms with Crippen molar-refractivity contribution in [1.29, 1.82) is 0 Å². The molecule has 6 nitrogen and oxygen atoms in total. The molecule has 1 aromatic rings. The van der Waals surface area contributed by atoms with Crippen LogP contribution in [-0.4, -0.2) is 66.0 Å². The third kappa shape index (κ3) is 6.89. The molecule has 3 atom stereocenters. The monoisotopic (exact) mass is 497 g/mol. The van der Waals surface area contributed by atoms with Crippen molar-refractivity contribution in [2.75, 3.05) is 31.1 Å². The average Bonchev–Trinajstić information content (AvgIpc) is 2.89. The molecule has 1 aromatic carbocycles. The highest BCUT2D eigenvalue weighted by Crippen LogP contribution is 2.31. The highest BCUT2D eigenvalue weighted by molar-refractivity contribution is 5.94. The summed E-state index contributed by atoms with van der Waals surface area (Å²) in [4.78, 5) is 33.7. The minimum absolute atomic E-state index is 0.0361. The Morgan fingerprint density at radius 2 is 1.81 bits per heavy atom. The molecular formula is C30H47N3O3. The molecule has 2 saturated heterocycles. The summed E-state index contributed by atoms with van der Waals surface area (Å²) in [6.45, 7) is 10.4. The molecular weight excluding hydrogens is 450 g/mol. The Kier molecular flexibility index (Phi) is 9.83. The molecule has 200 valence electrons. The predicted octanol–water partition coefficient (Wildman–Crippen LogP) is 5.39. The molecule has 36 heavy (non-hydrogen) atoms. The fraction of sp³-hybridized carbons (Fsp3) is 0.733. The lowest BCUT2D eigenvalue weighted by Gasteiger charge is -2.44. The Morgan fingerprint density at radius 1 is 1.00 bits per heavy atom. The van der Waals surface area contributed by atoms with E-state index in [1.807, 2.05) is 24.0 Å². The second-order valence-electron chi connectivity index (χ2n) is 11.4. The maximum absolute atomic E-state index is 13.8. The second kappa shape index (κ2) is 13.0. The minimum atomic E-state index is 0.0361. The fourth-order valence-electron chi connectivity index (χ4n) is 6.26. The van der Waals surface area contributed by atoms with E-state index in [0.29, 0.717) is 37.4 Å². The zero-order chi connectivity index (χ0) is 25.5. The number of fused-ring (bicyclic) bond motifs is 3. The molecule has 6 heteroatoms. The number of amides is 2. The van der Waals surface area contributed by atoms with Crippen LogP contribution in [0.25, 0.3) is 0 Å². The lowest BCUT2D eigenvalue weighted by Crippen LogP contribution is -2.53. The van der Waals surface area contributed by atoms with E-state index in [1.165, 1.54) is 12.8 Å². The van der Waals surface area contributed by atoms with Gasteiger partial charge in [-0.3, -0.25) is 14.5 Å². The topological polar surface area (TPSA) is 53.1 Å². The van der Waals surface area contributed by atoms with Crippen molar-refractivity contribution in [3.8, 4) is 0 Å². The van der Waals surface area contributed by atoms with E-state index in [-0.39, 0.29) is 17.9 Å². The van der Waals surface area contributed by atoms with E-state index in [0.717, 1.165) is 76.0 Å². The van der Waals surface area contributed by atoms with Crippen molar-refractivity contribution in [3.05, 3.63) is 29.8 Å². The van der Waals surface area contributed by atoms with Crippen molar-refractivity contribution < 1.29 is 14.3 Å². The van der Waals surface area contributed by atoms with Gasteiger partial charge in [-0.25, -0.2) is 0 Å². The Balaban J connectivity index is 1.67. The smallest absolute Gasteiger partial charge is 0.226 e. The van der Waals surface area contributed by atoms with E-state index >= 15 is 0 Å². The summed E-state index contributed by atoms with van der Waals surface area (Å²) in [5.41, 5.74) is 2.05. The number of para-hydroxylation sites is 1. The van der Waals surface area contributed by atoms with Gasteiger partial charge in [0.1, 0.15) is 0 Å². The summed E-state index contributed by atoms with van der Waals surface area (Å²) in [5, 5.41) is 0. The molecule has 0 N–H and O–H groups in total. The third-order valence-corrected chi connectivity index (χ3v) is 8.37. The van der Waals surface area contributed by atoms with Gasteiger partial charge in [-0.05, 0) is 69.0 Å². The number of benzene rings is 1. The molecule has 2 fully saturated rings.